The molecule has 0 atom stereocenters. The Labute approximate surface area is 89.6 Å². The van der Waals surface area contributed by atoms with Gasteiger partial charge in [-0.1, -0.05) is 26.0 Å². The summed E-state index contributed by atoms with van der Waals surface area (Å²) >= 11 is 0. The van der Waals surface area contributed by atoms with Crippen molar-refractivity contribution >= 4 is 0 Å². The highest BCUT2D eigenvalue weighted by atomic mass is 16.3. The van der Waals surface area contributed by atoms with Crippen LogP contribution in [0.5, 0.6) is 5.75 Å². The molecule has 0 fully saturated rings. The Morgan fingerprint density at radius 1 is 1.13 bits per heavy atom. The number of nitrogens with one attached hydrogen (secondary N) is 1. The quantitative estimate of drug-likeness (QED) is 0.766. The lowest BCUT2D eigenvalue weighted by Crippen LogP contribution is -1.88. The summed E-state index contributed by atoms with van der Waals surface area (Å²) in [4.78, 5) is 3.00. The average Bonchev–Trinajstić information content (AvgIpc) is 2.69. The second-order valence-electron chi connectivity index (χ2n) is 4.03. The summed E-state index contributed by atoms with van der Waals surface area (Å²) < 4.78 is 0. The molecule has 2 N–H and O–H groups in total. The summed E-state index contributed by atoms with van der Waals surface area (Å²) in [6.45, 7) is 4.15. The van der Waals surface area contributed by atoms with Crippen molar-refractivity contribution in [2.45, 2.75) is 19.8 Å². The lowest BCUT2D eigenvalue weighted by atomic mass is 9.98. The Morgan fingerprint density at radius 2 is 1.93 bits per heavy atom. The molecule has 78 valence electrons. The smallest absolute Gasteiger partial charge is 0.119 e. The van der Waals surface area contributed by atoms with Gasteiger partial charge in [0.2, 0.25) is 0 Å². The molecule has 1 aromatic carbocycles. The van der Waals surface area contributed by atoms with Crippen molar-refractivity contribution in [1.29, 1.82) is 0 Å². The minimum Gasteiger partial charge on any atom is -0.508 e. The number of rotatable bonds is 2. The second kappa shape index (κ2) is 3.81. The van der Waals surface area contributed by atoms with Crippen LogP contribution in [0.15, 0.2) is 36.7 Å². The van der Waals surface area contributed by atoms with Crippen LogP contribution in [0.4, 0.5) is 0 Å². The molecule has 15 heavy (non-hydrogen) atoms. The number of phenols is 1. The normalized spacial score (nSPS) is 10.9. The van der Waals surface area contributed by atoms with Crippen LogP contribution in [-0.4, -0.2) is 10.1 Å². The molecule has 0 bridgehead atoms. The van der Waals surface area contributed by atoms with Crippen molar-refractivity contribution in [3.05, 3.63) is 42.2 Å². The molecule has 0 amide bonds. The first-order valence-electron chi connectivity index (χ1n) is 5.14. The molecule has 2 aromatic rings. The van der Waals surface area contributed by atoms with Gasteiger partial charge in [-0.2, -0.15) is 0 Å². The number of phenolic OH excluding ortho intramolecular Hbond substituents is 1. The largest absolute Gasteiger partial charge is 0.508 e. The van der Waals surface area contributed by atoms with E-state index in [0.717, 1.165) is 16.7 Å². The standard InChI is InChI=1S/C13H15NO/c1-9(2)12-4-3-10(7-13(12)15)11-5-6-14-8-11/h3-9,14-15H,1-2H3. The van der Waals surface area contributed by atoms with Gasteiger partial charge in [0.25, 0.3) is 0 Å². The van der Waals surface area contributed by atoms with Gasteiger partial charge < -0.3 is 10.1 Å². The summed E-state index contributed by atoms with van der Waals surface area (Å²) in [6, 6.07) is 7.84. The molecule has 0 saturated heterocycles. The number of aromatic nitrogens is 1. The minimum absolute atomic E-state index is 0.352. The van der Waals surface area contributed by atoms with Crippen LogP contribution in [0.2, 0.25) is 0 Å². The molecule has 0 radical (unpaired) electrons. The summed E-state index contributed by atoms with van der Waals surface area (Å²) in [7, 11) is 0. The predicted octanol–water partition coefficient (Wildman–Crippen LogP) is 3.51. The summed E-state index contributed by atoms with van der Waals surface area (Å²) in [5.41, 5.74) is 3.13. The second-order valence-corrected chi connectivity index (χ2v) is 4.03. The third kappa shape index (κ3) is 1.89. The van der Waals surface area contributed by atoms with E-state index in [-0.39, 0.29) is 0 Å². The third-order valence-electron chi connectivity index (χ3n) is 2.58. The van der Waals surface area contributed by atoms with Gasteiger partial charge in [0.1, 0.15) is 5.75 Å². The molecule has 2 nitrogen and oxygen atoms in total. The highest BCUT2D eigenvalue weighted by Crippen LogP contribution is 2.30. The van der Waals surface area contributed by atoms with Crippen molar-refractivity contribution in [3.63, 3.8) is 0 Å². The van der Waals surface area contributed by atoms with Crippen molar-refractivity contribution in [2.24, 2.45) is 0 Å². The topological polar surface area (TPSA) is 36.0 Å². The van der Waals surface area contributed by atoms with E-state index >= 15 is 0 Å². The molecule has 0 saturated carbocycles. The molecule has 2 heteroatoms. The first-order valence-corrected chi connectivity index (χ1v) is 5.14. The zero-order chi connectivity index (χ0) is 10.8. The maximum Gasteiger partial charge on any atom is 0.119 e. The molecule has 0 aliphatic carbocycles. The Hall–Kier alpha value is -1.70. The van der Waals surface area contributed by atoms with Crippen LogP contribution in [0.3, 0.4) is 0 Å². The van der Waals surface area contributed by atoms with Gasteiger partial charge >= 0.3 is 0 Å². The van der Waals surface area contributed by atoms with Crippen molar-refractivity contribution in [1.82, 2.24) is 4.98 Å². The van der Waals surface area contributed by atoms with E-state index in [1.165, 1.54) is 0 Å². The molecule has 0 spiro atoms. The van der Waals surface area contributed by atoms with Gasteiger partial charge in [0.15, 0.2) is 0 Å². The summed E-state index contributed by atoms with van der Waals surface area (Å²) in [5, 5.41) is 9.85. The van der Waals surface area contributed by atoms with Gasteiger partial charge in [-0.15, -0.1) is 0 Å². The molecular weight excluding hydrogens is 186 g/mol. The number of H-pyrrole nitrogens is 1. The Bertz CT molecular complexity index is 444. The van der Waals surface area contributed by atoms with Crippen LogP contribution >= 0.6 is 0 Å². The molecular formula is C13H15NO. The van der Waals surface area contributed by atoms with E-state index in [9.17, 15) is 5.11 Å². The van der Waals surface area contributed by atoms with E-state index in [0.29, 0.717) is 11.7 Å². The first-order chi connectivity index (χ1) is 7.18. The average molecular weight is 201 g/mol. The highest BCUT2D eigenvalue weighted by Gasteiger charge is 2.07. The maximum absolute atomic E-state index is 9.85. The predicted molar refractivity (Wildman–Crippen MR) is 62.0 cm³/mol. The van der Waals surface area contributed by atoms with Crippen LogP contribution in [-0.2, 0) is 0 Å². The Kier molecular flexibility index (Phi) is 2.50. The number of hydrogen-bond donors (Lipinski definition) is 2. The van der Waals surface area contributed by atoms with Crippen molar-refractivity contribution in [2.75, 3.05) is 0 Å². The summed E-state index contributed by atoms with van der Waals surface area (Å²) in [6.07, 6.45) is 3.80. The minimum atomic E-state index is 0.352. The van der Waals surface area contributed by atoms with Gasteiger partial charge in [0, 0.05) is 12.4 Å². The van der Waals surface area contributed by atoms with Gasteiger partial charge in [-0.3, -0.25) is 0 Å². The third-order valence-corrected chi connectivity index (χ3v) is 2.58. The first kappa shape index (κ1) is 9.84. The molecule has 1 aromatic heterocycles. The van der Waals surface area contributed by atoms with Crippen molar-refractivity contribution < 1.29 is 5.11 Å². The van der Waals surface area contributed by atoms with Gasteiger partial charge in [0.05, 0.1) is 0 Å². The molecule has 0 aliphatic rings. The zero-order valence-electron chi connectivity index (χ0n) is 8.99. The Balaban J connectivity index is 2.42. The van der Waals surface area contributed by atoms with Crippen LogP contribution in [0.1, 0.15) is 25.3 Å². The SMILES string of the molecule is CC(C)c1ccc(-c2cc[nH]c2)cc1O. The number of benzene rings is 1. The summed E-state index contributed by atoms with van der Waals surface area (Å²) in [5.74, 6) is 0.731. The van der Waals surface area contributed by atoms with E-state index in [4.69, 9.17) is 0 Å². The van der Waals surface area contributed by atoms with Crippen LogP contribution < -0.4 is 0 Å². The lowest BCUT2D eigenvalue weighted by Gasteiger charge is -2.09. The van der Waals surface area contributed by atoms with E-state index in [1.54, 1.807) is 0 Å². The van der Waals surface area contributed by atoms with E-state index in [2.05, 4.69) is 18.8 Å². The molecule has 0 aliphatic heterocycles. The van der Waals surface area contributed by atoms with Crippen molar-refractivity contribution in [3.8, 4) is 16.9 Å². The van der Waals surface area contributed by atoms with E-state index in [1.807, 2.05) is 36.7 Å². The molecule has 2 rings (SSSR count). The fraction of sp³-hybridized carbons (Fsp3) is 0.231. The monoisotopic (exact) mass is 201 g/mol. The maximum atomic E-state index is 9.85. The van der Waals surface area contributed by atoms with E-state index < -0.39 is 0 Å². The van der Waals surface area contributed by atoms with Crippen LogP contribution in [0, 0.1) is 0 Å². The van der Waals surface area contributed by atoms with Gasteiger partial charge in [-0.05, 0) is 34.7 Å². The molecule has 1 heterocycles. The number of aromatic amines is 1. The Morgan fingerprint density at radius 3 is 2.47 bits per heavy atom. The van der Waals surface area contributed by atoms with Gasteiger partial charge in [-0.25, -0.2) is 0 Å². The van der Waals surface area contributed by atoms with Crippen LogP contribution in [0.25, 0.3) is 11.1 Å². The zero-order valence-corrected chi connectivity index (χ0v) is 8.99. The molecule has 0 unspecified atom stereocenters. The lowest BCUT2D eigenvalue weighted by molar-refractivity contribution is 0.465. The highest BCUT2D eigenvalue weighted by molar-refractivity contribution is 5.65. The number of hydrogen-bond acceptors (Lipinski definition) is 1. The number of aromatic hydroxyl groups is 1. The fourth-order valence-corrected chi connectivity index (χ4v) is 1.71. The fourth-order valence-electron chi connectivity index (χ4n) is 1.71.